The van der Waals surface area contributed by atoms with Gasteiger partial charge in [0.1, 0.15) is 24.3 Å². The fourth-order valence-electron chi connectivity index (χ4n) is 15.0. The molecule has 0 saturated carbocycles. The molecule has 6 aromatic carbocycles. The number of amides is 4. The van der Waals surface area contributed by atoms with Crippen LogP contribution in [-0.4, -0.2) is 190 Å². The molecule has 0 radical (unpaired) electrons. The fraction of sp³-hybridized carbons (Fsp3) is 0.494. The third-order valence-corrected chi connectivity index (χ3v) is 21.2. The largest absolute Gasteiger partial charge is 0.462 e. The van der Waals surface area contributed by atoms with E-state index in [1.54, 1.807) is 16.9 Å². The van der Waals surface area contributed by atoms with Gasteiger partial charge in [-0.25, -0.2) is 4.39 Å². The molecule has 4 amide bonds. The normalized spacial score (nSPS) is 17.8. The van der Waals surface area contributed by atoms with Crippen molar-refractivity contribution in [2.24, 2.45) is 0 Å². The number of likely N-dealkylation sites (tertiary alicyclic amines) is 2. The Morgan fingerprint density at radius 3 is 1.90 bits per heavy atom. The van der Waals surface area contributed by atoms with Gasteiger partial charge in [0.2, 0.25) is 11.8 Å². The molecule has 3 saturated heterocycles. The lowest BCUT2D eigenvalue weighted by Crippen LogP contribution is -2.49. The summed E-state index contributed by atoms with van der Waals surface area (Å²) in [5, 5.41) is 0. The number of fused-ring (bicyclic) bond motifs is 2. The predicted octanol–water partition coefficient (Wildman–Crippen LogP) is 14.2. The second-order valence-corrected chi connectivity index (χ2v) is 28.3. The summed E-state index contributed by atoms with van der Waals surface area (Å²) >= 11 is 0. The van der Waals surface area contributed by atoms with Crippen LogP contribution in [0.25, 0.3) is 11.1 Å². The summed E-state index contributed by atoms with van der Waals surface area (Å²) in [4.78, 5) is 77.6. The quantitative estimate of drug-likeness (QED) is 0.0277. The van der Waals surface area contributed by atoms with Crippen LogP contribution in [0.2, 0.25) is 0 Å². The zero-order valence-electron chi connectivity index (χ0n) is 60.8. The Kier molecular flexibility index (Phi) is 27.4. The number of hydrogen-bond donors (Lipinski definition) is 0. The summed E-state index contributed by atoms with van der Waals surface area (Å²) in [6, 6.07) is 36.9. The first-order valence-corrected chi connectivity index (χ1v) is 36.0. The van der Waals surface area contributed by atoms with Crippen molar-refractivity contribution in [1.82, 2.24) is 34.3 Å². The van der Waals surface area contributed by atoms with Crippen LogP contribution in [0.15, 0.2) is 133 Å². The van der Waals surface area contributed by atoms with Gasteiger partial charge in [-0.1, -0.05) is 104 Å². The van der Waals surface area contributed by atoms with E-state index in [2.05, 4.69) is 65.9 Å². The summed E-state index contributed by atoms with van der Waals surface area (Å²) in [7, 11) is 9.40. The Balaban J connectivity index is 0.000000244. The molecule has 1 aliphatic carbocycles. The number of esters is 1. The zero-order valence-corrected chi connectivity index (χ0v) is 60.8. The Bertz CT molecular complexity index is 3780. The number of likely N-dealkylation sites (N-methyl/N-ethyl adjacent to an activating group) is 1. The van der Waals surface area contributed by atoms with Gasteiger partial charge in [0.25, 0.3) is 11.8 Å². The minimum Gasteiger partial charge on any atom is -0.462 e. The van der Waals surface area contributed by atoms with E-state index in [4.69, 9.17) is 14.2 Å². The summed E-state index contributed by atoms with van der Waals surface area (Å²) in [6.45, 7) is 13.8. The molecule has 1 spiro atoms. The highest BCUT2D eigenvalue weighted by Crippen LogP contribution is 2.48. The second kappa shape index (κ2) is 35.6. The Hall–Kier alpha value is -8.02. The maximum absolute atomic E-state index is 13.9. The topological polar surface area (TPSA) is 136 Å². The number of hydrogen-bond acceptors (Lipinski definition) is 11. The number of aryl methyl sites for hydroxylation is 2. The van der Waals surface area contributed by atoms with Crippen molar-refractivity contribution < 1.29 is 68.9 Å². The molecule has 3 fully saturated rings. The summed E-state index contributed by atoms with van der Waals surface area (Å²) in [6.07, 6.45) is -0.672. The number of carbonyl (C=O) groups is 5. The Morgan fingerprint density at radius 2 is 1.25 bits per heavy atom. The van der Waals surface area contributed by atoms with E-state index in [9.17, 15) is 54.7 Å². The molecule has 4 aliphatic rings. The molecule has 3 aliphatic heterocycles. The Morgan fingerprint density at radius 1 is 0.641 bits per heavy atom. The van der Waals surface area contributed by atoms with E-state index in [1.165, 1.54) is 41.0 Å². The van der Waals surface area contributed by atoms with Gasteiger partial charge in [-0.3, -0.25) is 24.0 Å². The predicted molar refractivity (Wildman–Crippen MR) is 383 cm³/mol. The fourth-order valence-corrected chi connectivity index (χ4v) is 15.0. The van der Waals surface area contributed by atoms with E-state index >= 15 is 0 Å². The second-order valence-electron chi connectivity index (χ2n) is 28.3. The van der Waals surface area contributed by atoms with Gasteiger partial charge in [0.15, 0.2) is 0 Å². The number of carbonyl (C=O) groups excluding carboxylic acids is 5. The summed E-state index contributed by atoms with van der Waals surface area (Å²) in [5.41, 5.74) is 5.37. The van der Waals surface area contributed by atoms with Crippen LogP contribution in [0, 0.1) is 19.7 Å². The number of benzene rings is 6. The molecule has 3 heterocycles. The lowest BCUT2D eigenvalue weighted by Gasteiger charge is -2.44. The lowest BCUT2D eigenvalue weighted by molar-refractivity contribution is -0.150. The van der Waals surface area contributed by atoms with E-state index in [-0.39, 0.29) is 67.1 Å². The number of ether oxygens (including phenoxy) is 3. The van der Waals surface area contributed by atoms with Crippen LogP contribution >= 0.6 is 0 Å². The number of unbranched alkanes of at least 4 members (excludes halogenated alkanes) is 2. The maximum atomic E-state index is 13.9. The van der Waals surface area contributed by atoms with E-state index in [1.807, 2.05) is 93.6 Å². The monoisotopic (exact) mass is 1430 g/mol. The van der Waals surface area contributed by atoms with Gasteiger partial charge in [0.05, 0.1) is 30.2 Å². The van der Waals surface area contributed by atoms with Crippen molar-refractivity contribution in [3.8, 4) is 11.1 Å². The van der Waals surface area contributed by atoms with Crippen molar-refractivity contribution in [2.75, 3.05) is 114 Å². The third-order valence-electron chi connectivity index (χ3n) is 21.2. The molecule has 0 unspecified atom stereocenters. The lowest BCUT2D eigenvalue weighted by atomic mass is 9.72. The first-order chi connectivity index (χ1) is 49.1. The smallest absolute Gasteiger partial charge is 0.416 e. The third kappa shape index (κ3) is 20.7. The van der Waals surface area contributed by atoms with Gasteiger partial charge >= 0.3 is 18.3 Å². The summed E-state index contributed by atoms with van der Waals surface area (Å²) in [5.74, 6) is -1.38. The average molecular weight is 1430 g/mol. The average Bonchev–Trinajstić information content (AvgIpc) is 1.61. The molecule has 556 valence electrons. The van der Waals surface area contributed by atoms with Gasteiger partial charge < -0.3 is 48.5 Å². The van der Waals surface area contributed by atoms with Crippen molar-refractivity contribution in [3.05, 3.63) is 200 Å². The molecule has 15 nitrogen and oxygen atoms in total. The molecular weight excluding hydrogens is 1330 g/mol. The van der Waals surface area contributed by atoms with Gasteiger partial charge in [-0.2, -0.15) is 26.3 Å². The first-order valence-electron chi connectivity index (χ1n) is 36.0. The molecule has 2 atom stereocenters. The molecule has 10 rings (SSSR count). The van der Waals surface area contributed by atoms with Crippen LogP contribution in [-0.2, 0) is 71.3 Å². The maximum Gasteiger partial charge on any atom is 0.416 e. The van der Waals surface area contributed by atoms with Crippen molar-refractivity contribution in [3.63, 3.8) is 0 Å². The number of alkyl halides is 6. The minimum absolute atomic E-state index is 0.00297. The SMILES string of the molecule is CCC(=O)N(C)CCCN(C)C(=O)c1cc(C)c(CN(C)CCCCCC(=O)N(C)CCN2CCC(OC(=O)Cc3ccccc3-c3ccccc3)CC2)c(C)c1.CO[C@H]1Cc2ccccc2C12CCN(CC[C@@]1(c3ccc(F)cc3)CN(C(=O)c3cc(C(F)(F)F)cc(C(F)(F)F)c3)CO1)CC2. The first kappa shape index (κ1) is 79.1. The van der Waals surface area contributed by atoms with Crippen LogP contribution in [0.1, 0.15) is 148 Å². The van der Waals surface area contributed by atoms with Crippen molar-refractivity contribution in [2.45, 2.75) is 146 Å². The molecule has 0 N–H and O–H groups in total. The van der Waals surface area contributed by atoms with Crippen LogP contribution in [0.4, 0.5) is 30.7 Å². The molecule has 6 aromatic rings. The van der Waals surface area contributed by atoms with Gasteiger partial charge in [0, 0.05) is 110 Å². The zero-order chi connectivity index (χ0) is 74.2. The number of nitrogens with zero attached hydrogens (tertiary/aromatic N) is 7. The van der Waals surface area contributed by atoms with Gasteiger partial charge in [-0.05, 0) is 191 Å². The van der Waals surface area contributed by atoms with Crippen LogP contribution in [0.3, 0.4) is 0 Å². The minimum atomic E-state index is -5.09. The standard InChI is InChI=1S/C47H67N5O5.C34H33F7N2O3/c1-8-44(53)49(5)26-17-27-51(7)47(56)40-32-36(2)43(37(3)33-40)35-48(4)25-16-10-13-22-45(54)50(6)30-31-52-28-23-41(24-29-52)57-46(55)34-39-20-14-15-21-42(39)38-18-11-9-12-19-38;1-45-29-18-22-4-2-3-5-28(22)31(29)10-13-42(14-11-31)15-12-32(24-6-8-27(35)9-7-24)20-43(21-46-32)30(44)23-16-25(33(36,37)38)19-26(17-23)34(39,40)41/h9,11-12,14-15,18-21,32-33,41H,8,10,13,16-17,22-31,34-35H2,1-7H3;2-9,16-17,19,29H,10-15,18,20-21H2,1H3/t;29-,32-/m.0/s1. The van der Waals surface area contributed by atoms with Gasteiger partial charge in [-0.15, -0.1) is 0 Å². The highest BCUT2D eigenvalue weighted by Gasteiger charge is 2.50. The summed E-state index contributed by atoms with van der Waals surface area (Å²) < 4.78 is 113. The Labute approximate surface area is 602 Å². The van der Waals surface area contributed by atoms with E-state index in [0.29, 0.717) is 68.7 Å². The molecule has 103 heavy (non-hydrogen) atoms. The van der Waals surface area contributed by atoms with Crippen LogP contribution in [0.5, 0.6) is 0 Å². The van der Waals surface area contributed by atoms with E-state index in [0.717, 1.165) is 136 Å². The molecule has 0 aromatic heterocycles. The number of piperidine rings is 2. The van der Waals surface area contributed by atoms with Crippen LogP contribution < -0.4 is 0 Å². The number of methoxy groups -OCH3 is 1. The van der Waals surface area contributed by atoms with Crippen molar-refractivity contribution in [1.29, 1.82) is 0 Å². The van der Waals surface area contributed by atoms with E-state index < -0.39 is 46.4 Å². The number of rotatable bonds is 27. The molecular formula is C81H100F7N7O8. The molecule has 22 heteroatoms. The highest BCUT2D eigenvalue weighted by molar-refractivity contribution is 5.95. The molecule has 0 bridgehead atoms. The number of halogens is 7. The highest BCUT2D eigenvalue weighted by atomic mass is 19.4. The van der Waals surface area contributed by atoms with Crippen molar-refractivity contribution >= 4 is 29.6 Å².